The van der Waals surface area contributed by atoms with E-state index in [-0.39, 0.29) is 0 Å². The molecule has 0 bridgehead atoms. The van der Waals surface area contributed by atoms with Crippen LogP contribution in [0.15, 0.2) is 48.5 Å². The van der Waals surface area contributed by atoms with Gasteiger partial charge in [-0.15, -0.1) is 0 Å². The van der Waals surface area contributed by atoms with Crippen LogP contribution in [0.2, 0.25) is 0 Å². The molecule has 2 heteroatoms. The van der Waals surface area contributed by atoms with Crippen molar-refractivity contribution in [1.29, 1.82) is 0 Å². The summed E-state index contributed by atoms with van der Waals surface area (Å²) in [4.78, 5) is 0. The highest BCUT2D eigenvalue weighted by atomic mass is 16.5. The fourth-order valence-corrected chi connectivity index (χ4v) is 2.23. The smallest absolute Gasteiger partial charge is 0.132 e. The van der Waals surface area contributed by atoms with Crippen LogP contribution in [0.4, 0.5) is 0 Å². The van der Waals surface area contributed by atoms with Crippen LogP contribution in [0.1, 0.15) is 30.5 Å². The number of para-hydroxylation sites is 2. The predicted octanol–water partition coefficient (Wildman–Crippen LogP) is 4.46. The number of ether oxygens (including phenoxy) is 1. The number of rotatable bonds is 5. The highest BCUT2D eigenvalue weighted by Gasteiger charge is 2.13. The molecule has 1 unspecified atom stereocenters. The zero-order valence-corrected chi connectivity index (χ0v) is 11.8. The van der Waals surface area contributed by atoms with Gasteiger partial charge in [0.15, 0.2) is 0 Å². The quantitative estimate of drug-likeness (QED) is 0.851. The van der Waals surface area contributed by atoms with Crippen LogP contribution in [0, 0.1) is 6.92 Å². The van der Waals surface area contributed by atoms with Crippen molar-refractivity contribution < 1.29 is 4.74 Å². The van der Waals surface area contributed by atoms with Crippen LogP contribution in [0.5, 0.6) is 11.5 Å². The third-order valence-electron chi connectivity index (χ3n) is 3.36. The van der Waals surface area contributed by atoms with Crippen molar-refractivity contribution in [1.82, 2.24) is 5.32 Å². The second-order valence-electron chi connectivity index (χ2n) is 4.65. The molecule has 2 rings (SSSR count). The lowest BCUT2D eigenvalue weighted by molar-refractivity contribution is 0.456. The second kappa shape index (κ2) is 6.39. The Kier molecular flexibility index (Phi) is 4.58. The van der Waals surface area contributed by atoms with E-state index in [9.17, 15) is 0 Å². The van der Waals surface area contributed by atoms with Gasteiger partial charge in [-0.3, -0.25) is 0 Å². The van der Waals surface area contributed by atoms with Crippen molar-refractivity contribution in [2.45, 2.75) is 26.3 Å². The lowest BCUT2D eigenvalue weighted by atomic mass is 10.0. The Morgan fingerprint density at radius 2 is 1.63 bits per heavy atom. The van der Waals surface area contributed by atoms with E-state index in [2.05, 4.69) is 37.4 Å². The van der Waals surface area contributed by atoms with E-state index < -0.39 is 0 Å². The van der Waals surface area contributed by atoms with Crippen LogP contribution in [0.25, 0.3) is 0 Å². The Bertz CT molecular complexity index is 532. The first-order valence-corrected chi connectivity index (χ1v) is 6.76. The van der Waals surface area contributed by atoms with E-state index in [0.29, 0.717) is 6.04 Å². The fourth-order valence-electron chi connectivity index (χ4n) is 2.23. The van der Waals surface area contributed by atoms with E-state index in [0.717, 1.165) is 23.5 Å². The molecule has 0 heterocycles. The van der Waals surface area contributed by atoms with Crippen LogP contribution in [0.3, 0.4) is 0 Å². The van der Waals surface area contributed by atoms with Crippen molar-refractivity contribution in [3.8, 4) is 11.5 Å². The van der Waals surface area contributed by atoms with Crippen molar-refractivity contribution in [3.63, 3.8) is 0 Å². The first-order valence-electron chi connectivity index (χ1n) is 6.76. The molecule has 0 aliphatic rings. The zero-order chi connectivity index (χ0) is 13.7. The minimum Gasteiger partial charge on any atom is -0.457 e. The molecule has 0 radical (unpaired) electrons. The molecule has 0 fully saturated rings. The van der Waals surface area contributed by atoms with Gasteiger partial charge in [0.2, 0.25) is 0 Å². The fraction of sp³-hybridized carbons (Fsp3) is 0.294. The molecule has 2 aromatic rings. The topological polar surface area (TPSA) is 21.3 Å². The van der Waals surface area contributed by atoms with Crippen LogP contribution in [-0.2, 0) is 0 Å². The highest BCUT2D eigenvalue weighted by molar-refractivity contribution is 5.42. The number of nitrogens with one attached hydrogen (secondary N) is 1. The molecule has 0 aromatic heterocycles. The average Bonchev–Trinajstić information content (AvgIpc) is 2.44. The van der Waals surface area contributed by atoms with Gasteiger partial charge < -0.3 is 10.1 Å². The summed E-state index contributed by atoms with van der Waals surface area (Å²) in [6, 6.07) is 16.6. The maximum Gasteiger partial charge on any atom is 0.132 e. The van der Waals surface area contributed by atoms with E-state index >= 15 is 0 Å². The molecule has 100 valence electrons. The molecule has 1 atom stereocenters. The van der Waals surface area contributed by atoms with Gasteiger partial charge in [0, 0.05) is 11.6 Å². The first-order chi connectivity index (χ1) is 9.26. The monoisotopic (exact) mass is 255 g/mol. The molecule has 0 aliphatic carbocycles. The van der Waals surface area contributed by atoms with Crippen molar-refractivity contribution in [2.24, 2.45) is 0 Å². The van der Waals surface area contributed by atoms with Crippen molar-refractivity contribution in [3.05, 3.63) is 59.7 Å². The SMILES string of the molecule is CCC(NC)c1ccccc1Oc1ccccc1C. The maximum atomic E-state index is 6.08. The van der Waals surface area contributed by atoms with E-state index in [4.69, 9.17) is 4.74 Å². The lowest BCUT2D eigenvalue weighted by Gasteiger charge is -2.19. The second-order valence-corrected chi connectivity index (χ2v) is 4.65. The Hall–Kier alpha value is -1.80. The van der Waals surface area contributed by atoms with Gasteiger partial charge in [-0.25, -0.2) is 0 Å². The third-order valence-corrected chi connectivity index (χ3v) is 3.36. The number of hydrogen-bond donors (Lipinski definition) is 1. The van der Waals surface area contributed by atoms with Gasteiger partial charge in [0.25, 0.3) is 0 Å². The van der Waals surface area contributed by atoms with Gasteiger partial charge in [-0.1, -0.05) is 43.3 Å². The largest absolute Gasteiger partial charge is 0.457 e. The minimum absolute atomic E-state index is 0.320. The van der Waals surface area contributed by atoms with Crippen LogP contribution >= 0.6 is 0 Å². The summed E-state index contributed by atoms with van der Waals surface area (Å²) in [5.41, 5.74) is 2.35. The van der Waals surface area contributed by atoms with Gasteiger partial charge in [-0.2, -0.15) is 0 Å². The molecule has 0 saturated heterocycles. The summed E-state index contributed by atoms with van der Waals surface area (Å²) in [6.07, 6.45) is 1.03. The molecule has 2 nitrogen and oxygen atoms in total. The van der Waals surface area contributed by atoms with Gasteiger partial charge in [0.05, 0.1) is 0 Å². The molecular weight excluding hydrogens is 234 g/mol. The first kappa shape index (κ1) is 13.6. The van der Waals surface area contributed by atoms with E-state index in [1.165, 1.54) is 5.56 Å². The van der Waals surface area contributed by atoms with Gasteiger partial charge in [-0.05, 0) is 38.1 Å². The Labute approximate surface area is 115 Å². The Morgan fingerprint density at radius 1 is 1.00 bits per heavy atom. The van der Waals surface area contributed by atoms with Gasteiger partial charge in [0.1, 0.15) is 11.5 Å². The predicted molar refractivity (Wildman–Crippen MR) is 79.8 cm³/mol. The van der Waals surface area contributed by atoms with Crippen LogP contribution < -0.4 is 10.1 Å². The van der Waals surface area contributed by atoms with Crippen LogP contribution in [-0.4, -0.2) is 7.05 Å². The maximum absolute atomic E-state index is 6.08. The summed E-state index contributed by atoms with van der Waals surface area (Å²) in [5, 5.41) is 3.33. The summed E-state index contributed by atoms with van der Waals surface area (Å²) < 4.78 is 6.08. The number of aryl methyl sites for hydroxylation is 1. The molecule has 0 saturated carbocycles. The summed E-state index contributed by atoms with van der Waals surface area (Å²) >= 11 is 0. The number of hydrogen-bond acceptors (Lipinski definition) is 2. The molecule has 0 amide bonds. The molecule has 2 aromatic carbocycles. The standard InChI is InChI=1S/C17H21NO/c1-4-15(18-3)14-10-6-8-12-17(14)19-16-11-7-5-9-13(16)2/h5-12,15,18H,4H2,1-3H3. The molecule has 0 spiro atoms. The Balaban J connectivity index is 2.33. The Morgan fingerprint density at radius 3 is 2.26 bits per heavy atom. The molecule has 19 heavy (non-hydrogen) atoms. The normalized spacial score (nSPS) is 12.2. The summed E-state index contributed by atoms with van der Waals surface area (Å²) in [5.74, 6) is 1.85. The molecule has 0 aliphatic heterocycles. The van der Waals surface area contributed by atoms with Crippen molar-refractivity contribution >= 4 is 0 Å². The van der Waals surface area contributed by atoms with Crippen molar-refractivity contribution in [2.75, 3.05) is 7.05 Å². The zero-order valence-electron chi connectivity index (χ0n) is 11.8. The van der Waals surface area contributed by atoms with E-state index in [1.54, 1.807) is 0 Å². The lowest BCUT2D eigenvalue weighted by Crippen LogP contribution is -2.15. The number of benzene rings is 2. The average molecular weight is 255 g/mol. The molecular formula is C17H21NO. The summed E-state index contributed by atoms with van der Waals surface area (Å²) in [6.45, 7) is 4.24. The third kappa shape index (κ3) is 3.15. The van der Waals surface area contributed by atoms with Gasteiger partial charge >= 0.3 is 0 Å². The minimum atomic E-state index is 0.320. The summed E-state index contributed by atoms with van der Waals surface area (Å²) in [7, 11) is 1.98. The van der Waals surface area contributed by atoms with E-state index in [1.807, 2.05) is 37.4 Å². The highest BCUT2D eigenvalue weighted by Crippen LogP contribution is 2.32. The molecule has 1 N–H and O–H groups in total.